The SMILES string of the molecule is CC(C)c1ccc(-c2nc(C(=O)NCc3nc4ncccc4[nH]3)cs2)cc1. The normalized spacial score (nSPS) is 11.2. The Hall–Kier alpha value is -3.06. The van der Waals surface area contributed by atoms with Gasteiger partial charge in [-0.2, -0.15) is 0 Å². The molecular weight excluding hydrogens is 358 g/mol. The molecule has 7 heteroatoms. The van der Waals surface area contributed by atoms with Gasteiger partial charge in [0.1, 0.15) is 16.5 Å². The van der Waals surface area contributed by atoms with Gasteiger partial charge >= 0.3 is 0 Å². The number of hydrogen-bond acceptors (Lipinski definition) is 5. The van der Waals surface area contributed by atoms with Gasteiger partial charge in [0.25, 0.3) is 5.91 Å². The van der Waals surface area contributed by atoms with Crippen LogP contribution in [0.1, 0.15) is 41.6 Å². The number of rotatable bonds is 5. The van der Waals surface area contributed by atoms with Gasteiger partial charge in [0.15, 0.2) is 5.65 Å². The van der Waals surface area contributed by atoms with Crippen molar-refractivity contribution in [3.05, 3.63) is 65.1 Å². The minimum Gasteiger partial charge on any atom is -0.343 e. The van der Waals surface area contributed by atoms with Gasteiger partial charge in [-0.15, -0.1) is 11.3 Å². The van der Waals surface area contributed by atoms with Gasteiger partial charge < -0.3 is 10.3 Å². The van der Waals surface area contributed by atoms with Crippen molar-refractivity contribution in [2.45, 2.75) is 26.3 Å². The number of carbonyl (C=O) groups excluding carboxylic acids is 1. The number of pyridine rings is 1. The molecule has 3 heterocycles. The fourth-order valence-corrected chi connectivity index (χ4v) is 3.56. The summed E-state index contributed by atoms with van der Waals surface area (Å²) in [6.45, 7) is 4.63. The molecule has 1 amide bonds. The second-order valence-electron chi connectivity index (χ2n) is 6.56. The number of imidazole rings is 1. The smallest absolute Gasteiger partial charge is 0.271 e. The summed E-state index contributed by atoms with van der Waals surface area (Å²) < 4.78 is 0. The first-order valence-corrected chi connectivity index (χ1v) is 9.62. The van der Waals surface area contributed by atoms with E-state index in [1.165, 1.54) is 16.9 Å². The van der Waals surface area contributed by atoms with E-state index in [0.29, 0.717) is 29.6 Å². The molecule has 0 saturated heterocycles. The lowest BCUT2D eigenvalue weighted by atomic mass is 10.0. The maximum atomic E-state index is 12.4. The number of nitrogens with one attached hydrogen (secondary N) is 2. The molecular formula is C20H19N5OS. The predicted octanol–water partition coefficient (Wildman–Crippen LogP) is 4.13. The molecule has 4 aromatic rings. The van der Waals surface area contributed by atoms with E-state index in [1.807, 2.05) is 12.1 Å². The third kappa shape index (κ3) is 3.73. The third-order valence-electron chi connectivity index (χ3n) is 4.28. The Bertz CT molecular complexity index is 1050. The molecule has 0 aliphatic rings. The highest BCUT2D eigenvalue weighted by atomic mass is 32.1. The van der Waals surface area contributed by atoms with E-state index in [-0.39, 0.29) is 5.91 Å². The van der Waals surface area contributed by atoms with Crippen LogP contribution < -0.4 is 5.32 Å². The first-order chi connectivity index (χ1) is 13.1. The van der Waals surface area contributed by atoms with Gasteiger partial charge in [0.2, 0.25) is 0 Å². The summed E-state index contributed by atoms with van der Waals surface area (Å²) in [7, 11) is 0. The maximum Gasteiger partial charge on any atom is 0.271 e. The Labute approximate surface area is 160 Å². The van der Waals surface area contributed by atoms with Gasteiger partial charge in [0.05, 0.1) is 12.1 Å². The Morgan fingerprint density at radius 3 is 2.74 bits per heavy atom. The lowest BCUT2D eigenvalue weighted by Crippen LogP contribution is -2.23. The Kier molecular flexibility index (Phi) is 4.68. The number of nitrogens with zero attached hydrogens (tertiary/aromatic N) is 3. The number of amides is 1. The van der Waals surface area contributed by atoms with Crippen LogP contribution in [0.2, 0.25) is 0 Å². The summed E-state index contributed by atoms with van der Waals surface area (Å²) in [4.78, 5) is 28.5. The van der Waals surface area contributed by atoms with Crippen LogP contribution in [0.25, 0.3) is 21.7 Å². The summed E-state index contributed by atoms with van der Waals surface area (Å²) in [5.41, 5.74) is 4.21. The molecule has 0 fully saturated rings. The van der Waals surface area contributed by atoms with Crippen LogP contribution in [0.3, 0.4) is 0 Å². The van der Waals surface area contributed by atoms with E-state index in [1.54, 1.807) is 11.6 Å². The summed E-state index contributed by atoms with van der Waals surface area (Å²) in [5.74, 6) is 0.937. The van der Waals surface area contributed by atoms with Crippen LogP contribution in [-0.4, -0.2) is 25.8 Å². The number of benzene rings is 1. The molecule has 0 spiro atoms. The number of carbonyl (C=O) groups is 1. The van der Waals surface area contributed by atoms with E-state index in [4.69, 9.17) is 0 Å². The van der Waals surface area contributed by atoms with E-state index < -0.39 is 0 Å². The molecule has 0 atom stereocenters. The van der Waals surface area contributed by atoms with E-state index in [2.05, 4.69) is 63.4 Å². The van der Waals surface area contributed by atoms with Gasteiger partial charge in [-0.05, 0) is 23.6 Å². The number of aromatic amines is 1. The monoisotopic (exact) mass is 377 g/mol. The standard InChI is InChI=1S/C20H19N5OS/c1-12(2)13-5-7-14(8-6-13)20-24-16(11-27-20)19(26)22-10-17-23-15-4-3-9-21-18(15)25-17/h3-9,11-12H,10H2,1-2H3,(H,22,26)(H,21,23,25). The summed E-state index contributed by atoms with van der Waals surface area (Å²) in [5, 5.41) is 5.46. The topological polar surface area (TPSA) is 83.6 Å². The highest BCUT2D eigenvalue weighted by Crippen LogP contribution is 2.25. The highest BCUT2D eigenvalue weighted by molar-refractivity contribution is 7.13. The van der Waals surface area contributed by atoms with Gasteiger partial charge in [-0.25, -0.2) is 15.0 Å². The van der Waals surface area contributed by atoms with Crippen molar-refractivity contribution >= 4 is 28.4 Å². The zero-order valence-electron chi connectivity index (χ0n) is 15.1. The van der Waals surface area contributed by atoms with Gasteiger partial charge in [-0.3, -0.25) is 4.79 Å². The minimum atomic E-state index is -0.218. The number of H-pyrrole nitrogens is 1. The van der Waals surface area contributed by atoms with Crippen molar-refractivity contribution in [2.75, 3.05) is 0 Å². The zero-order chi connectivity index (χ0) is 18.8. The molecule has 136 valence electrons. The van der Waals surface area contributed by atoms with Crippen molar-refractivity contribution in [1.82, 2.24) is 25.3 Å². The lowest BCUT2D eigenvalue weighted by molar-refractivity contribution is 0.0946. The van der Waals surface area contributed by atoms with Crippen molar-refractivity contribution in [3.63, 3.8) is 0 Å². The van der Waals surface area contributed by atoms with Crippen LogP contribution >= 0.6 is 11.3 Å². The Balaban J connectivity index is 1.43. The molecule has 0 saturated carbocycles. The quantitative estimate of drug-likeness (QED) is 0.548. The number of aromatic nitrogens is 4. The highest BCUT2D eigenvalue weighted by Gasteiger charge is 2.13. The molecule has 2 N–H and O–H groups in total. The molecule has 3 aromatic heterocycles. The fraction of sp³-hybridized carbons (Fsp3) is 0.200. The first-order valence-electron chi connectivity index (χ1n) is 8.74. The van der Waals surface area contributed by atoms with E-state index >= 15 is 0 Å². The van der Waals surface area contributed by atoms with Gasteiger partial charge in [0, 0.05) is 17.1 Å². The van der Waals surface area contributed by atoms with Crippen molar-refractivity contribution < 1.29 is 4.79 Å². The maximum absolute atomic E-state index is 12.4. The number of hydrogen-bond donors (Lipinski definition) is 2. The number of thiazole rings is 1. The average Bonchev–Trinajstić information content (AvgIpc) is 3.33. The fourth-order valence-electron chi connectivity index (χ4n) is 2.75. The summed E-state index contributed by atoms with van der Waals surface area (Å²) >= 11 is 1.47. The molecule has 0 bridgehead atoms. The zero-order valence-corrected chi connectivity index (χ0v) is 15.9. The van der Waals surface area contributed by atoms with Crippen LogP contribution in [0.5, 0.6) is 0 Å². The second-order valence-corrected chi connectivity index (χ2v) is 7.41. The largest absolute Gasteiger partial charge is 0.343 e. The molecule has 1 aromatic carbocycles. The third-order valence-corrected chi connectivity index (χ3v) is 5.18. The van der Waals surface area contributed by atoms with E-state index in [9.17, 15) is 4.79 Å². The lowest BCUT2D eigenvalue weighted by Gasteiger charge is -2.05. The van der Waals surface area contributed by atoms with Crippen LogP contribution in [0.4, 0.5) is 0 Å². The van der Waals surface area contributed by atoms with Crippen LogP contribution in [-0.2, 0) is 6.54 Å². The van der Waals surface area contributed by atoms with Crippen molar-refractivity contribution in [3.8, 4) is 10.6 Å². The average molecular weight is 377 g/mol. The second kappa shape index (κ2) is 7.28. The molecule has 0 unspecified atom stereocenters. The van der Waals surface area contributed by atoms with E-state index in [0.717, 1.165) is 16.1 Å². The molecule has 0 aliphatic carbocycles. The Morgan fingerprint density at radius 2 is 2.00 bits per heavy atom. The minimum absolute atomic E-state index is 0.218. The summed E-state index contributed by atoms with van der Waals surface area (Å²) in [6, 6.07) is 12.1. The molecule has 4 rings (SSSR count). The predicted molar refractivity (Wildman–Crippen MR) is 107 cm³/mol. The first kappa shape index (κ1) is 17.4. The van der Waals surface area contributed by atoms with Crippen molar-refractivity contribution in [2.24, 2.45) is 0 Å². The molecule has 0 radical (unpaired) electrons. The summed E-state index contributed by atoms with van der Waals surface area (Å²) in [6.07, 6.45) is 1.69. The Morgan fingerprint density at radius 1 is 1.19 bits per heavy atom. The molecule has 0 aliphatic heterocycles. The number of fused-ring (bicyclic) bond motifs is 1. The van der Waals surface area contributed by atoms with Gasteiger partial charge in [-0.1, -0.05) is 38.1 Å². The molecule has 27 heavy (non-hydrogen) atoms. The van der Waals surface area contributed by atoms with Crippen LogP contribution in [0, 0.1) is 0 Å². The van der Waals surface area contributed by atoms with Crippen LogP contribution in [0.15, 0.2) is 48.0 Å². The van der Waals surface area contributed by atoms with Crippen molar-refractivity contribution in [1.29, 1.82) is 0 Å². The molecule has 6 nitrogen and oxygen atoms in total.